The molecule has 5 nitrogen and oxygen atoms in total. The normalized spacial score (nSPS) is 12.0. The summed E-state index contributed by atoms with van der Waals surface area (Å²) in [7, 11) is 0. The van der Waals surface area contributed by atoms with Crippen molar-refractivity contribution < 1.29 is 13.2 Å². The van der Waals surface area contributed by atoms with E-state index in [0.29, 0.717) is 16.9 Å². The molecule has 0 aliphatic rings. The summed E-state index contributed by atoms with van der Waals surface area (Å²) in [6.45, 7) is 0.564. The lowest BCUT2D eigenvalue weighted by molar-refractivity contribution is -0.146. The van der Waals surface area contributed by atoms with Gasteiger partial charge in [0.15, 0.2) is 5.65 Å². The van der Waals surface area contributed by atoms with E-state index in [4.69, 9.17) is 0 Å². The number of nitrogens with one attached hydrogen (secondary N) is 1. The Kier molecular flexibility index (Phi) is 4.04. The zero-order valence-electron chi connectivity index (χ0n) is 10.9. The van der Waals surface area contributed by atoms with Gasteiger partial charge in [0.1, 0.15) is 5.82 Å². The number of anilines is 1. The molecule has 0 saturated heterocycles. The summed E-state index contributed by atoms with van der Waals surface area (Å²) in [5.41, 5.74) is 0.0556. The molecule has 3 heterocycles. The van der Waals surface area contributed by atoms with Crippen LogP contribution in [-0.4, -0.2) is 26.4 Å². The SMILES string of the molecule is FC(F)(F)c1nnc2ccc(NCCc3ccc(Br)s3)nn12. The molecule has 3 aromatic heterocycles. The van der Waals surface area contributed by atoms with E-state index in [2.05, 4.69) is 36.5 Å². The largest absolute Gasteiger partial charge is 0.453 e. The number of fused-ring (bicyclic) bond motifs is 1. The molecule has 0 spiro atoms. The molecule has 0 aliphatic carbocycles. The van der Waals surface area contributed by atoms with E-state index in [1.54, 1.807) is 17.4 Å². The molecule has 0 aromatic carbocycles. The molecule has 0 fully saturated rings. The molecule has 10 heteroatoms. The van der Waals surface area contributed by atoms with Crippen molar-refractivity contribution in [2.75, 3.05) is 11.9 Å². The molecular weight excluding hydrogens is 383 g/mol. The van der Waals surface area contributed by atoms with Crippen LogP contribution in [0.5, 0.6) is 0 Å². The van der Waals surface area contributed by atoms with Crippen molar-refractivity contribution in [2.45, 2.75) is 12.6 Å². The van der Waals surface area contributed by atoms with E-state index >= 15 is 0 Å². The van der Waals surface area contributed by atoms with Crippen LogP contribution in [0.1, 0.15) is 10.7 Å². The molecule has 0 amide bonds. The first-order valence-corrected chi connectivity index (χ1v) is 7.82. The summed E-state index contributed by atoms with van der Waals surface area (Å²) in [5.74, 6) is -0.790. The lowest BCUT2D eigenvalue weighted by Gasteiger charge is -2.06. The average Bonchev–Trinajstić information content (AvgIpc) is 3.04. The fraction of sp³-hybridized carbons (Fsp3) is 0.250. The van der Waals surface area contributed by atoms with Crippen molar-refractivity contribution in [2.24, 2.45) is 0 Å². The number of alkyl halides is 3. The van der Waals surface area contributed by atoms with Gasteiger partial charge in [-0.3, -0.25) is 0 Å². The van der Waals surface area contributed by atoms with Crippen molar-refractivity contribution in [3.8, 4) is 0 Å². The van der Waals surface area contributed by atoms with Crippen molar-refractivity contribution in [1.82, 2.24) is 19.8 Å². The minimum Gasteiger partial charge on any atom is -0.368 e. The Morgan fingerprint density at radius 3 is 2.68 bits per heavy atom. The molecular formula is C12H9BrF3N5S. The van der Waals surface area contributed by atoms with Gasteiger partial charge in [-0.05, 0) is 46.6 Å². The van der Waals surface area contributed by atoms with E-state index in [0.717, 1.165) is 10.2 Å². The van der Waals surface area contributed by atoms with Gasteiger partial charge in [-0.1, -0.05) is 0 Å². The maximum atomic E-state index is 12.8. The number of nitrogens with zero attached hydrogens (tertiary/aromatic N) is 4. The van der Waals surface area contributed by atoms with Crippen LogP contribution in [0.25, 0.3) is 5.65 Å². The molecule has 116 valence electrons. The van der Waals surface area contributed by atoms with Crippen LogP contribution in [0, 0.1) is 0 Å². The Morgan fingerprint density at radius 1 is 1.18 bits per heavy atom. The number of halogens is 4. The summed E-state index contributed by atoms with van der Waals surface area (Å²) in [5, 5.41) is 13.5. The third-order valence-electron chi connectivity index (χ3n) is 2.82. The van der Waals surface area contributed by atoms with E-state index in [-0.39, 0.29) is 5.65 Å². The summed E-state index contributed by atoms with van der Waals surface area (Å²) in [6.07, 6.45) is -3.83. The Balaban J connectivity index is 1.74. The fourth-order valence-corrected chi connectivity index (χ4v) is 3.34. The topological polar surface area (TPSA) is 55.1 Å². The highest BCUT2D eigenvalue weighted by atomic mass is 79.9. The smallest absolute Gasteiger partial charge is 0.368 e. The van der Waals surface area contributed by atoms with Gasteiger partial charge in [0.05, 0.1) is 3.79 Å². The highest BCUT2D eigenvalue weighted by Crippen LogP contribution is 2.27. The summed E-state index contributed by atoms with van der Waals surface area (Å²) < 4.78 is 40.1. The second-order valence-corrected chi connectivity index (χ2v) is 6.94. The van der Waals surface area contributed by atoms with Crippen LogP contribution in [0.3, 0.4) is 0 Å². The molecule has 0 bridgehead atoms. The van der Waals surface area contributed by atoms with Gasteiger partial charge in [0, 0.05) is 11.4 Å². The molecule has 0 unspecified atom stereocenters. The number of rotatable bonds is 4. The fourth-order valence-electron chi connectivity index (χ4n) is 1.86. The number of aromatic nitrogens is 4. The molecule has 22 heavy (non-hydrogen) atoms. The minimum atomic E-state index is -4.59. The number of thiophene rings is 1. The first kappa shape index (κ1) is 15.2. The van der Waals surface area contributed by atoms with Crippen LogP contribution < -0.4 is 5.32 Å². The Morgan fingerprint density at radius 2 is 2.00 bits per heavy atom. The van der Waals surface area contributed by atoms with Crippen molar-refractivity contribution in [3.63, 3.8) is 0 Å². The maximum Gasteiger partial charge on any atom is 0.453 e. The first-order chi connectivity index (χ1) is 10.4. The zero-order valence-corrected chi connectivity index (χ0v) is 13.3. The van der Waals surface area contributed by atoms with Crippen LogP contribution in [0.4, 0.5) is 19.0 Å². The highest BCUT2D eigenvalue weighted by Gasteiger charge is 2.37. The van der Waals surface area contributed by atoms with E-state index < -0.39 is 12.0 Å². The van der Waals surface area contributed by atoms with Crippen molar-refractivity contribution in [3.05, 3.63) is 38.8 Å². The summed E-state index contributed by atoms with van der Waals surface area (Å²) >= 11 is 5.00. The van der Waals surface area contributed by atoms with E-state index in [1.807, 2.05) is 12.1 Å². The zero-order chi connectivity index (χ0) is 15.7. The van der Waals surface area contributed by atoms with Gasteiger partial charge in [0.2, 0.25) is 0 Å². The van der Waals surface area contributed by atoms with Crippen LogP contribution >= 0.6 is 27.3 Å². The predicted molar refractivity (Wildman–Crippen MR) is 80.0 cm³/mol. The van der Waals surface area contributed by atoms with Gasteiger partial charge >= 0.3 is 6.18 Å². The molecule has 1 N–H and O–H groups in total. The standard InChI is InChI=1S/C12H9BrF3N5S/c13-8-2-1-7(22-8)5-6-17-9-3-4-10-18-19-11(12(14,15)16)21(10)20-9/h1-4H,5-6H2,(H,17,20). The van der Waals surface area contributed by atoms with Crippen molar-refractivity contribution >= 4 is 38.7 Å². The lowest BCUT2D eigenvalue weighted by Crippen LogP contribution is -2.14. The monoisotopic (exact) mass is 391 g/mol. The van der Waals surface area contributed by atoms with E-state index in [9.17, 15) is 13.2 Å². The molecule has 3 rings (SSSR count). The highest BCUT2D eigenvalue weighted by molar-refractivity contribution is 9.11. The second kappa shape index (κ2) is 5.84. The van der Waals surface area contributed by atoms with Gasteiger partial charge in [-0.15, -0.1) is 26.6 Å². The Bertz CT molecular complexity index is 798. The molecule has 0 saturated carbocycles. The van der Waals surface area contributed by atoms with Crippen molar-refractivity contribution in [1.29, 1.82) is 0 Å². The summed E-state index contributed by atoms with van der Waals surface area (Å²) in [4.78, 5) is 1.17. The maximum absolute atomic E-state index is 12.8. The average molecular weight is 392 g/mol. The van der Waals surface area contributed by atoms with Gasteiger partial charge in [-0.25, -0.2) is 0 Å². The van der Waals surface area contributed by atoms with Crippen LogP contribution in [-0.2, 0) is 12.6 Å². The predicted octanol–water partition coefficient (Wildman–Crippen LogP) is 3.62. The van der Waals surface area contributed by atoms with Gasteiger partial charge in [0.25, 0.3) is 5.82 Å². The third-order valence-corrected chi connectivity index (χ3v) is 4.51. The number of hydrogen-bond donors (Lipinski definition) is 1. The van der Waals surface area contributed by atoms with E-state index in [1.165, 1.54) is 10.9 Å². The summed E-state index contributed by atoms with van der Waals surface area (Å²) in [6, 6.07) is 6.97. The lowest BCUT2D eigenvalue weighted by atomic mass is 10.3. The second-order valence-electron chi connectivity index (χ2n) is 4.39. The minimum absolute atomic E-state index is 0.0556. The molecule has 0 radical (unpaired) electrons. The molecule has 3 aromatic rings. The molecule has 0 atom stereocenters. The Hall–Kier alpha value is -1.68. The number of hydrogen-bond acceptors (Lipinski definition) is 5. The van der Waals surface area contributed by atoms with Gasteiger partial charge in [-0.2, -0.15) is 17.7 Å². The quantitative estimate of drug-likeness (QED) is 0.737. The van der Waals surface area contributed by atoms with Crippen LogP contribution in [0.15, 0.2) is 28.1 Å². The molecule has 0 aliphatic heterocycles. The Labute approximate surface area is 135 Å². The van der Waals surface area contributed by atoms with Gasteiger partial charge < -0.3 is 5.32 Å². The van der Waals surface area contributed by atoms with Crippen LogP contribution in [0.2, 0.25) is 0 Å². The first-order valence-electron chi connectivity index (χ1n) is 6.21. The third kappa shape index (κ3) is 3.22.